The van der Waals surface area contributed by atoms with E-state index in [4.69, 9.17) is 10.7 Å². The van der Waals surface area contributed by atoms with E-state index >= 15 is 0 Å². The molecule has 0 N–H and O–H groups in total. The zero-order chi connectivity index (χ0) is 13.2. The van der Waals surface area contributed by atoms with Gasteiger partial charge in [-0.15, -0.1) is 0 Å². The number of hydrogen-bond donors (Lipinski definition) is 0. The summed E-state index contributed by atoms with van der Waals surface area (Å²) < 4.78 is 24.1. The molecule has 2 aromatic rings. The van der Waals surface area contributed by atoms with Crippen molar-refractivity contribution in [2.24, 2.45) is 0 Å². The van der Waals surface area contributed by atoms with Gasteiger partial charge in [-0.25, -0.2) is 23.4 Å². The van der Waals surface area contributed by atoms with Crippen molar-refractivity contribution in [3.05, 3.63) is 36.3 Å². The largest absolute Gasteiger partial charge is 0.326 e. The van der Waals surface area contributed by atoms with Crippen LogP contribution in [0.1, 0.15) is 18.6 Å². The Morgan fingerprint density at radius 3 is 2.56 bits per heavy atom. The zero-order valence-electron chi connectivity index (χ0n) is 9.62. The molecular formula is C10H11ClN4O2S. The number of halogens is 1. The molecule has 0 atom stereocenters. The number of hydrogen-bond acceptors (Lipinski definition) is 5. The van der Waals surface area contributed by atoms with Crippen molar-refractivity contribution in [1.82, 2.24) is 19.5 Å². The zero-order valence-corrected chi connectivity index (χ0v) is 11.2. The van der Waals surface area contributed by atoms with Gasteiger partial charge >= 0.3 is 0 Å². The van der Waals surface area contributed by atoms with Crippen LogP contribution in [-0.4, -0.2) is 27.9 Å². The standard InChI is InChI=1S/C10H11ClN4O2S/c1-2-9-14-10(18(11,16)17)7-15(9)6-8-12-4-3-5-13-8/h3-5,7H,2,6H2,1H3. The molecule has 0 unspecified atom stereocenters. The van der Waals surface area contributed by atoms with Gasteiger partial charge in [0.15, 0.2) is 5.03 Å². The number of nitrogens with zero attached hydrogens (tertiary/aromatic N) is 4. The molecule has 0 aromatic carbocycles. The molecule has 0 fully saturated rings. The van der Waals surface area contributed by atoms with Gasteiger partial charge in [0.1, 0.15) is 11.6 Å². The minimum absolute atomic E-state index is 0.142. The average Bonchev–Trinajstić information content (AvgIpc) is 2.73. The van der Waals surface area contributed by atoms with Crippen molar-refractivity contribution in [1.29, 1.82) is 0 Å². The Balaban J connectivity index is 2.36. The Morgan fingerprint density at radius 2 is 2.00 bits per heavy atom. The van der Waals surface area contributed by atoms with Gasteiger partial charge in [-0.05, 0) is 6.07 Å². The summed E-state index contributed by atoms with van der Waals surface area (Å²) in [4.78, 5) is 12.1. The first-order valence-electron chi connectivity index (χ1n) is 5.27. The molecule has 96 valence electrons. The van der Waals surface area contributed by atoms with Crippen molar-refractivity contribution in [2.75, 3.05) is 0 Å². The summed E-state index contributed by atoms with van der Waals surface area (Å²) in [6.07, 6.45) is 5.25. The first kappa shape index (κ1) is 13.0. The average molecular weight is 287 g/mol. The molecular weight excluding hydrogens is 276 g/mol. The Hall–Kier alpha value is -1.47. The fourth-order valence-corrected chi connectivity index (χ4v) is 2.22. The van der Waals surface area contributed by atoms with Crippen LogP contribution in [0.5, 0.6) is 0 Å². The smallest absolute Gasteiger partial charge is 0.280 e. The van der Waals surface area contributed by atoms with Crippen LogP contribution >= 0.6 is 10.7 Å². The van der Waals surface area contributed by atoms with Crippen molar-refractivity contribution in [2.45, 2.75) is 24.9 Å². The second-order valence-corrected chi connectivity index (χ2v) is 6.09. The lowest BCUT2D eigenvalue weighted by atomic mass is 10.4. The highest BCUT2D eigenvalue weighted by Gasteiger charge is 2.17. The lowest BCUT2D eigenvalue weighted by Crippen LogP contribution is -2.06. The lowest BCUT2D eigenvalue weighted by molar-refractivity contribution is 0.606. The van der Waals surface area contributed by atoms with E-state index in [-0.39, 0.29) is 5.03 Å². The fraction of sp³-hybridized carbons (Fsp3) is 0.300. The molecule has 0 aliphatic carbocycles. The predicted octanol–water partition coefficient (Wildman–Crippen LogP) is 1.21. The molecule has 2 aromatic heterocycles. The lowest BCUT2D eigenvalue weighted by Gasteiger charge is -2.03. The third kappa shape index (κ3) is 2.85. The monoisotopic (exact) mass is 286 g/mol. The molecule has 0 spiro atoms. The molecule has 0 bridgehead atoms. The van der Waals surface area contributed by atoms with E-state index in [2.05, 4.69) is 15.0 Å². The van der Waals surface area contributed by atoms with Gasteiger partial charge in [-0.1, -0.05) is 6.92 Å². The molecule has 2 rings (SSSR count). The molecule has 2 heterocycles. The SMILES string of the molecule is CCc1nc(S(=O)(=O)Cl)cn1Cc1ncccn1. The highest BCUT2D eigenvalue weighted by molar-refractivity contribution is 8.13. The quantitative estimate of drug-likeness (QED) is 0.790. The van der Waals surface area contributed by atoms with Gasteiger partial charge in [0.2, 0.25) is 0 Å². The first-order valence-corrected chi connectivity index (χ1v) is 7.58. The van der Waals surface area contributed by atoms with Crippen LogP contribution in [0.15, 0.2) is 29.7 Å². The topological polar surface area (TPSA) is 77.7 Å². The molecule has 0 aliphatic rings. The highest BCUT2D eigenvalue weighted by atomic mass is 35.7. The van der Waals surface area contributed by atoms with Crippen LogP contribution in [0.4, 0.5) is 0 Å². The normalized spacial score (nSPS) is 11.7. The Morgan fingerprint density at radius 1 is 1.33 bits per heavy atom. The number of rotatable bonds is 4. The Labute approximate surface area is 109 Å². The summed E-state index contributed by atoms with van der Waals surface area (Å²) in [5, 5.41) is -0.142. The molecule has 0 amide bonds. The van der Waals surface area contributed by atoms with Gasteiger partial charge in [-0.3, -0.25) is 0 Å². The predicted molar refractivity (Wildman–Crippen MR) is 65.8 cm³/mol. The van der Waals surface area contributed by atoms with Crippen LogP contribution in [0.3, 0.4) is 0 Å². The van der Waals surface area contributed by atoms with Gasteiger partial charge in [0.25, 0.3) is 9.05 Å². The second kappa shape index (κ2) is 5.03. The van der Waals surface area contributed by atoms with Crippen molar-refractivity contribution in [3.63, 3.8) is 0 Å². The van der Waals surface area contributed by atoms with E-state index in [1.807, 2.05) is 6.92 Å². The second-order valence-electron chi connectivity index (χ2n) is 3.58. The van der Waals surface area contributed by atoms with Crippen LogP contribution in [0.25, 0.3) is 0 Å². The summed E-state index contributed by atoms with van der Waals surface area (Å²) in [5.74, 6) is 1.21. The molecule has 0 saturated heterocycles. The molecule has 0 radical (unpaired) electrons. The summed E-state index contributed by atoms with van der Waals surface area (Å²) >= 11 is 0. The molecule has 18 heavy (non-hydrogen) atoms. The van der Waals surface area contributed by atoms with E-state index < -0.39 is 9.05 Å². The van der Waals surface area contributed by atoms with E-state index in [0.29, 0.717) is 24.6 Å². The van der Waals surface area contributed by atoms with E-state index in [1.54, 1.807) is 23.0 Å². The number of aryl methyl sites for hydroxylation is 1. The third-order valence-corrected chi connectivity index (χ3v) is 3.50. The summed E-state index contributed by atoms with van der Waals surface area (Å²) in [7, 11) is 1.46. The van der Waals surface area contributed by atoms with Gasteiger partial charge in [-0.2, -0.15) is 0 Å². The molecule has 6 nitrogen and oxygen atoms in total. The molecule has 0 aliphatic heterocycles. The number of imidazole rings is 1. The van der Waals surface area contributed by atoms with E-state index in [1.165, 1.54) is 6.20 Å². The van der Waals surface area contributed by atoms with E-state index in [0.717, 1.165) is 0 Å². The Kier molecular flexibility index (Phi) is 3.63. The van der Waals surface area contributed by atoms with Crippen molar-refractivity contribution < 1.29 is 8.42 Å². The van der Waals surface area contributed by atoms with Gasteiger partial charge < -0.3 is 4.57 Å². The van der Waals surface area contributed by atoms with Crippen molar-refractivity contribution in [3.8, 4) is 0 Å². The van der Waals surface area contributed by atoms with Crippen molar-refractivity contribution >= 4 is 19.7 Å². The summed E-state index contributed by atoms with van der Waals surface area (Å²) in [6.45, 7) is 2.25. The van der Waals surface area contributed by atoms with Gasteiger partial charge in [0.05, 0.1) is 6.54 Å². The maximum Gasteiger partial charge on any atom is 0.280 e. The molecule has 0 saturated carbocycles. The van der Waals surface area contributed by atoms with Crippen LogP contribution in [0, 0.1) is 0 Å². The minimum atomic E-state index is -3.81. The van der Waals surface area contributed by atoms with Crippen LogP contribution in [0.2, 0.25) is 0 Å². The minimum Gasteiger partial charge on any atom is -0.326 e. The maximum atomic E-state index is 11.2. The number of aromatic nitrogens is 4. The first-order chi connectivity index (χ1) is 8.50. The summed E-state index contributed by atoms with van der Waals surface area (Å²) in [5.41, 5.74) is 0. The Bertz CT molecular complexity index is 639. The van der Waals surface area contributed by atoms with E-state index in [9.17, 15) is 8.42 Å². The molecule has 8 heteroatoms. The van der Waals surface area contributed by atoms with Crippen LogP contribution < -0.4 is 0 Å². The summed E-state index contributed by atoms with van der Waals surface area (Å²) in [6, 6.07) is 1.72. The maximum absolute atomic E-state index is 11.2. The third-order valence-electron chi connectivity index (χ3n) is 2.33. The van der Waals surface area contributed by atoms with Gasteiger partial charge in [0, 0.05) is 35.7 Å². The van der Waals surface area contributed by atoms with Crippen LogP contribution in [-0.2, 0) is 22.0 Å². The highest BCUT2D eigenvalue weighted by Crippen LogP contribution is 2.15. The fourth-order valence-electron chi connectivity index (χ4n) is 1.53.